The molecule has 1 saturated carbocycles. The van der Waals surface area contributed by atoms with Crippen LogP contribution in [0.2, 0.25) is 0 Å². The maximum atomic E-state index is 9.40. The van der Waals surface area contributed by atoms with Crippen molar-refractivity contribution in [2.24, 2.45) is 0 Å². The van der Waals surface area contributed by atoms with E-state index in [1.807, 2.05) is 25.1 Å². The highest BCUT2D eigenvalue weighted by Gasteiger charge is 2.21. The van der Waals surface area contributed by atoms with Crippen molar-refractivity contribution in [3.63, 3.8) is 0 Å². The average molecular weight is 274 g/mol. The number of rotatable bonds is 6. The van der Waals surface area contributed by atoms with E-state index in [2.05, 4.69) is 11.4 Å². The number of methoxy groups -OCH3 is 1. The molecule has 1 fully saturated rings. The molecule has 2 rings (SSSR count). The first-order valence-electron chi connectivity index (χ1n) is 7.25. The van der Waals surface area contributed by atoms with Gasteiger partial charge in [-0.05, 0) is 37.5 Å². The quantitative estimate of drug-likeness (QED) is 0.865. The minimum Gasteiger partial charge on any atom is -0.493 e. The zero-order valence-corrected chi connectivity index (χ0v) is 12.2. The summed E-state index contributed by atoms with van der Waals surface area (Å²) in [4.78, 5) is 0. The average Bonchev–Trinajstić information content (AvgIpc) is 2.98. The summed E-state index contributed by atoms with van der Waals surface area (Å²) >= 11 is 0. The van der Waals surface area contributed by atoms with E-state index in [1.54, 1.807) is 7.11 Å². The third-order valence-electron chi connectivity index (χ3n) is 3.71. The van der Waals surface area contributed by atoms with Gasteiger partial charge in [-0.2, -0.15) is 5.26 Å². The maximum absolute atomic E-state index is 9.40. The van der Waals surface area contributed by atoms with Crippen LogP contribution in [0.15, 0.2) is 18.2 Å². The highest BCUT2D eigenvalue weighted by atomic mass is 16.5. The zero-order valence-electron chi connectivity index (χ0n) is 12.2. The van der Waals surface area contributed by atoms with Gasteiger partial charge in [-0.1, -0.05) is 18.9 Å². The van der Waals surface area contributed by atoms with E-state index < -0.39 is 0 Å². The fourth-order valence-corrected chi connectivity index (χ4v) is 2.68. The van der Waals surface area contributed by atoms with Crippen molar-refractivity contribution >= 4 is 0 Å². The fraction of sp³-hybridized carbons (Fsp3) is 0.562. The lowest BCUT2D eigenvalue weighted by Gasteiger charge is -2.19. The second-order valence-corrected chi connectivity index (χ2v) is 5.05. The first kappa shape index (κ1) is 14.7. The molecular weight excluding hydrogens is 252 g/mol. The predicted octanol–water partition coefficient (Wildman–Crippen LogP) is 3.19. The Balaban J connectivity index is 2.16. The van der Waals surface area contributed by atoms with Crippen LogP contribution in [0, 0.1) is 11.3 Å². The number of hydrogen-bond acceptors (Lipinski definition) is 4. The van der Waals surface area contributed by atoms with Crippen molar-refractivity contribution in [1.29, 1.82) is 5.26 Å². The second-order valence-electron chi connectivity index (χ2n) is 5.05. The third-order valence-corrected chi connectivity index (χ3v) is 3.71. The first-order chi connectivity index (χ1) is 9.78. The van der Waals surface area contributed by atoms with Gasteiger partial charge in [-0.3, -0.25) is 5.32 Å². The minimum absolute atomic E-state index is 0.289. The van der Waals surface area contributed by atoms with Crippen molar-refractivity contribution < 1.29 is 9.47 Å². The topological polar surface area (TPSA) is 54.3 Å². The van der Waals surface area contributed by atoms with Gasteiger partial charge in [0, 0.05) is 6.04 Å². The molecule has 0 saturated heterocycles. The van der Waals surface area contributed by atoms with Gasteiger partial charge in [0.2, 0.25) is 0 Å². The molecule has 1 aliphatic carbocycles. The van der Waals surface area contributed by atoms with E-state index in [9.17, 15) is 5.26 Å². The van der Waals surface area contributed by atoms with E-state index in [0.717, 1.165) is 18.4 Å². The first-order valence-corrected chi connectivity index (χ1v) is 7.25. The van der Waals surface area contributed by atoms with Crippen LogP contribution in [-0.4, -0.2) is 19.8 Å². The Morgan fingerprint density at radius 1 is 1.35 bits per heavy atom. The highest BCUT2D eigenvalue weighted by Crippen LogP contribution is 2.31. The monoisotopic (exact) mass is 274 g/mol. The van der Waals surface area contributed by atoms with Crippen molar-refractivity contribution in [3.05, 3.63) is 23.8 Å². The smallest absolute Gasteiger partial charge is 0.161 e. The minimum atomic E-state index is -0.289. The van der Waals surface area contributed by atoms with Crippen molar-refractivity contribution in [3.8, 4) is 17.6 Å². The van der Waals surface area contributed by atoms with E-state index in [4.69, 9.17) is 9.47 Å². The van der Waals surface area contributed by atoms with Crippen LogP contribution in [0.3, 0.4) is 0 Å². The van der Waals surface area contributed by atoms with Gasteiger partial charge >= 0.3 is 0 Å². The number of hydrogen-bond donors (Lipinski definition) is 1. The van der Waals surface area contributed by atoms with Crippen LogP contribution in [0.25, 0.3) is 0 Å². The number of benzene rings is 1. The summed E-state index contributed by atoms with van der Waals surface area (Å²) in [6, 6.07) is 8.20. The highest BCUT2D eigenvalue weighted by molar-refractivity contribution is 5.44. The lowest BCUT2D eigenvalue weighted by atomic mass is 10.1. The Morgan fingerprint density at radius 3 is 2.70 bits per heavy atom. The van der Waals surface area contributed by atoms with E-state index in [-0.39, 0.29) is 6.04 Å². The standard InChI is InChI=1S/C16H22N2O2/c1-3-20-16-10-12(8-9-15(16)19-2)14(11-17)18-13-6-4-5-7-13/h8-10,13-14,18H,3-7H2,1-2H3. The second kappa shape index (κ2) is 7.16. The van der Waals surface area contributed by atoms with Crippen LogP contribution < -0.4 is 14.8 Å². The summed E-state index contributed by atoms with van der Waals surface area (Å²) in [7, 11) is 1.62. The summed E-state index contributed by atoms with van der Waals surface area (Å²) in [5.41, 5.74) is 0.934. The number of ether oxygens (including phenoxy) is 2. The molecule has 1 N–H and O–H groups in total. The van der Waals surface area contributed by atoms with Gasteiger partial charge in [0.15, 0.2) is 11.5 Å². The van der Waals surface area contributed by atoms with Crippen LogP contribution in [0.4, 0.5) is 0 Å². The van der Waals surface area contributed by atoms with Gasteiger partial charge in [-0.15, -0.1) is 0 Å². The molecule has 0 heterocycles. The van der Waals surface area contributed by atoms with Gasteiger partial charge < -0.3 is 9.47 Å². The molecule has 1 aromatic carbocycles. The molecule has 0 aliphatic heterocycles. The Hall–Kier alpha value is -1.73. The molecule has 0 aromatic heterocycles. The van der Waals surface area contributed by atoms with Gasteiger partial charge in [0.25, 0.3) is 0 Å². The van der Waals surface area contributed by atoms with Gasteiger partial charge in [0.1, 0.15) is 6.04 Å². The molecule has 0 radical (unpaired) electrons. The van der Waals surface area contributed by atoms with E-state index >= 15 is 0 Å². The van der Waals surface area contributed by atoms with Gasteiger partial charge in [0.05, 0.1) is 19.8 Å². The third kappa shape index (κ3) is 3.43. The summed E-state index contributed by atoms with van der Waals surface area (Å²) < 4.78 is 10.8. The summed E-state index contributed by atoms with van der Waals surface area (Å²) in [5.74, 6) is 1.40. The molecule has 1 atom stereocenters. The van der Waals surface area contributed by atoms with Gasteiger partial charge in [-0.25, -0.2) is 0 Å². The number of nitriles is 1. The molecule has 4 heteroatoms. The Kier molecular flexibility index (Phi) is 5.25. The van der Waals surface area contributed by atoms with E-state index in [0.29, 0.717) is 24.1 Å². The Bertz CT molecular complexity index is 476. The molecular formula is C16H22N2O2. The summed E-state index contributed by atoms with van der Waals surface area (Å²) in [6.45, 7) is 2.51. The summed E-state index contributed by atoms with van der Waals surface area (Å²) in [5, 5.41) is 12.8. The summed E-state index contributed by atoms with van der Waals surface area (Å²) in [6.07, 6.45) is 4.82. The lowest BCUT2D eigenvalue weighted by Crippen LogP contribution is -2.29. The maximum Gasteiger partial charge on any atom is 0.161 e. The molecule has 0 amide bonds. The van der Waals surface area contributed by atoms with Crippen LogP contribution in [-0.2, 0) is 0 Å². The van der Waals surface area contributed by atoms with E-state index in [1.165, 1.54) is 12.8 Å². The fourth-order valence-electron chi connectivity index (χ4n) is 2.68. The molecule has 108 valence electrons. The number of nitrogens with zero attached hydrogens (tertiary/aromatic N) is 1. The molecule has 1 unspecified atom stereocenters. The molecule has 0 bridgehead atoms. The Morgan fingerprint density at radius 2 is 2.10 bits per heavy atom. The van der Waals surface area contributed by atoms with Crippen LogP contribution in [0.5, 0.6) is 11.5 Å². The zero-order chi connectivity index (χ0) is 14.4. The molecule has 20 heavy (non-hydrogen) atoms. The normalized spacial score (nSPS) is 16.6. The molecule has 4 nitrogen and oxygen atoms in total. The van der Waals surface area contributed by atoms with Crippen molar-refractivity contribution in [1.82, 2.24) is 5.32 Å². The number of nitrogens with one attached hydrogen (secondary N) is 1. The lowest BCUT2D eigenvalue weighted by molar-refractivity contribution is 0.310. The largest absolute Gasteiger partial charge is 0.493 e. The molecule has 0 spiro atoms. The van der Waals surface area contributed by atoms with Crippen LogP contribution in [0.1, 0.15) is 44.2 Å². The molecule has 1 aliphatic rings. The van der Waals surface area contributed by atoms with Crippen LogP contribution >= 0.6 is 0 Å². The van der Waals surface area contributed by atoms with Crippen molar-refractivity contribution in [2.45, 2.75) is 44.7 Å². The molecule has 1 aromatic rings. The predicted molar refractivity (Wildman–Crippen MR) is 77.9 cm³/mol. The SMILES string of the molecule is CCOc1cc(C(C#N)NC2CCCC2)ccc1OC. The van der Waals surface area contributed by atoms with Crippen molar-refractivity contribution in [2.75, 3.05) is 13.7 Å². The Labute approximate surface area is 120 Å².